The van der Waals surface area contributed by atoms with Crippen molar-refractivity contribution in [3.05, 3.63) is 70.8 Å². The van der Waals surface area contributed by atoms with Crippen molar-refractivity contribution < 1.29 is 4.79 Å². The first-order valence-electron chi connectivity index (χ1n) is 8.51. The number of carbonyl (C=O) groups is 1. The van der Waals surface area contributed by atoms with E-state index in [-0.39, 0.29) is 5.78 Å². The highest BCUT2D eigenvalue weighted by Gasteiger charge is 2.15. The van der Waals surface area contributed by atoms with Gasteiger partial charge < -0.3 is 0 Å². The first-order chi connectivity index (χ1) is 12.5. The van der Waals surface area contributed by atoms with Crippen molar-refractivity contribution in [2.45, 2.75) is 25.9 Å². The molecule has 0 amide bonds. The number of hydrogen-bond donors (Lipinski definition) is 0. The minimum Gasteiger partial charge on any atom is -0.293 e. The van der Waals surface area contributed by atoms with E-state index in [2.05, 4.69) is 29.3 Å². The Morgan fingerprint density at radius 2 is 1.81 bits per heavy atom. The Balaban J connectivity index is 1.68. The molecule has 2 heterocycles. The SMILES string of the molecule is Cc1ccc(C(=O)CSc2nnc3cc(C)c4ccccc4n23)c(C)c1. The predicted molar refractivity (Wildman–Crippen MR) is 106 cm³/mol. The summed E-state index contributed by atoms with van der Waals surface area (Å²) in [5.74, 6) is 0.452. The molecule has 0 spiro atoms. The number of carbonyl (C=O) groups excluding carboxylic acids is 1. The van der Waals surface area contributed by atoms with E-state index in [1.54, 1.807) is 0 Å². The maximum atomic E-state index is 12.6. The number of fused-ring (bicyclic) bond motifs is 3. The number of hydrogen-bond acceptors (Lipinski definition) is 4. The lowest BCUT2D eigenvalue weighted by Crippen LogP contribution is -2.05. The molecule has 0 fully saturated rings. The standard InChI is InChI=1S/C21H19N3OS/c1-13-8-9-17(14(2)10-13)19(25)12-26-21-23-22-20-11-15(3)16-6-4-5-7-18(16)24(20)21/h4-11H,12H2,1-3H3. The van der Waals surface area contributed by atoms with Gasteiger partial charge in [0.1, 0.15) is 0 Å². The van der Waals surface area contributed by atoms with E-state index in [1.807, 2.05) is 54.6 Å². The number of para-hydroxylation sites is 1. The fourth-order valence-electron chi connectivity index (χ4n) is 3.30. The average Bonchev–Trinajstić information content (AvgIpc) is 3.03. The third-order valence-electron chi connectivity index (χ3n) is 4.59. The van der Waals surface area contributed by atoms with Gasteiger partial charge in [-0.1, -0.05) is 53.7 Å². The molecule has 0 N–H and O–H groups in total. The Morgan fingerprint density at radius 1 is 1.00 bits per heavy atom. The number of aromatic nitrogens is 3. The summed E-state index contributed by atoms with van der Waals surface area (Å²) < 4.78 is 2.03. The second kappa shape index (κ2) is 6.57. The molecule has 2 aromatic heterocycles. The van der Waals surface area contributed by atoms with Crippen molar-refractivity contribution in [3.8, 4) is 0 Å². The lowest BCUT2D eigenvalue weighted by Gasteiger charge is -2.08. The largest absolute Gasteiger partial charge is 0.293 e. The monoisotopic (exact) mass is 361 g/mol. The lowest BCUT2D eigenvalue weighted by molar-refractivity contribution is 0.102. The number of rotatable bonds is 4. The normalized spacial score (nSPS) is 11.3. The molecular weight excluding hydrogens is 342 g/mol. The Kier molecular flexibility index (Phi) is 4.24. The summed E-state index contributed by atoms with van der Waals surface area (Å²) in [6.45, 7) is 6.09. The summed E-state index contributed by atoms with van der Waals surface area (Å²) in [5.41, 5.74) is 6.00. The van der Waals surface area contributed by atoms with Crippen LogP contribution in [0, 0.1) is 20.8 Å². The van der Waals surface area contributed by atoms with Gasteiger partial charge in [-0.15, -0.1) is 10.2 Å². The van der Waals surface area contributed by atoms with Crippen LogP contribution in [0.15, 0.2) is 53.7 Å². The van der Waals surface area contributed by atoms with Crippen molar-refractivity contribution in [1.29, 1.82) is 0 Å². The van der Waals surface area contributed by atoms with Crippen LogP contribution in [-0.4, -0.2) is 26.1 Å². The zero-order valence-electron chi connectivity index (χ0n) is 15.0. The van der Waals surface area contributed by atoms with E-state index in [0.717, 1.165) is 33.0 Å². The van der Waals surface area contributed by atoms with Crippen LogP contribution in [0.3, 0.4) is 0 Å². The minimum absolute atomic E-state index is 0.112. The van der Waals surface area contributed by atoms with Crippen LogP contribution in [0.25, 0.3) is 16.6 Å². The zero-order valence-corrected chi connectivity index (χ0v) is 15.8. The van der Waals surface area contributed by atoms with Crippen LogP contribution in [0.4, 0.5) is 0 Å². The number of nitrogens with zero attached hydrogens (tertiary/aromatic N) is 3. The van der Waals surface area contributed by atoms with Gasteiger partial charge in [0.05, 0.1) is 11.3 Å². The highest BCUT2D eigenvalue weighted by atomic mass is 32.2. The second-order valence-electron chi connectivity index (χ2n) is 6.55. The van der Waals surface area contributed by atoms with Crippen molar-refractivity contribution >= 4 is 34.1 Å². The molecular formula is C21H19N3OS. The Morgan fingerprint density at radius 3 is 2.62 bits per heavy atom. The molecule has 0 atom stereocenters. The van der Waals surface area contributed by atoms with Crippen LogP contribution < -0.4 is 0 Å². The molecule has 0 saturated heterocycles. The highest BCUT2D eigenvalue weighted by Crippen LogP contribution is 2.26. The molecule has 0 aliphatic rings. The number of pyridine rings is 1. The van der Waals surface area contributed by atoms with E-state index in [0.29, 0.717) is 5.75 Å². The van der Waals surface area contributed by atoms with E-state index in [4.69, 9.17) is 0 Å². The van der Waals surface area contributed by atoms with Gasteiger partial charge in [0.2, 0.25) is 0 Å². The van der Waals surface area contributed by atoms with Crippen molar-refractivity contribution in [2.75, 3.05) is 5.75 Å². The van der Waals surface area contributed by atoms with E-state index >= 15 is 0 Å². The van der Waals surface area contributed by atoms with Gasteiger partial charge in [-0.3, -0.25) is 9.20 Å². The fraction of sp³-hybridized carbons (Fsp3) is 0.190. The summed E-state index contributed by atoms with van der Waals surface area (Å²) >= 11 is 1.43. The fourth-order valence-corrected chi connectivity index (χ4v) is 4.14. The average molecular weight is 361 g/mol. The third-order valence-corrected chi connectivity index (χ3v) is 5.52. The number of thioether (sulfide) groups is 1. The summed E-state index contributed by atoms with van der Waals surface area (Å²) in [6, 6.07) is 16.2. The van der Waals surface area contributed by atoms with Crippen molar-refractivity contribution in [1.82, 2.24) is 14.6 Å². The number of ketones is 1. The first kappa shape index (κ1) is 16.8. The van der Waals surface area contributed by atoms with E-state index in [9.17, 15) is 4.79 Å². The molecule has 4 rings (SSSR count). The van der Waals surface area contributed by atoms with Gasteiger partial charge in [-0.05, 0) is 44.0 Å². The van der Waals surface area contributed by atoms with Crippen molar-refractivity contribution in [2.24, 2.45) is 0 Å². The summed E-state index contributed by atoms with van der Waals surface area (Å²) in [6.07, 6.45) is 0. The van der Waals surface area contributed by atoms with Gasteiger partial charge in [0, 0.05) is 10.9 Å². The van der Waals surface area contributed by atoms with Gasteiger partial charge >= 0.3 is 0 Å². The van der Waals surface area contributed by atoms with Crippen molar-refractivity contribution in [3.63, 3.8) is 0 Å². The third kappa shape index (κ3) is 2.88. The first-order valence-corrected chi connectivity index (χ1v) is 9.50. The number of Topliss-reactive ketones (excluding diaryl/α,β-unsaturated/α-hetero) is 1. The summed E-state index contributed by atoms with van der Waals surface area (Å²) in [4.78, 5) is 12.6. The van der Waals surface area contributed by atoms with E-state index < -0.39 is 0 Å². The van der Waals surface area contributed by atoms with Gasteiger partial charge in [0.25, 0.3) is 0 Å². The Labute approximate surface area is 156 Å². The van der Waals surface area contributed by atoms with E-state index in [1.165, 1.54) is 22.7 Å². The maximum absolute atomic E-state index is 12.6. The molecule has 26 heavy (non-hydrogen) atoms. The molecule has 2 aromatic carbocycles. The lowest BCUT2D eigenvalue weighted by atomic mass is 10.0. The molecule has 4 nitrogen and oxygen atoms in total. The maximum Gasteiger partial charge on any atom is 0.196 e. The Hall–Kier alpha value is -2.66. The molecule has 0 radical (unpaired) electrons. The van der Waals surface area contributed by atoms with Crippen LogP contribution in [-0.2, 0) is 0 Å². The topological polar surface area (TPSA) is 47.3 Å². The molecule has 0 saturated carbocycles. The zero-order chi connectivity index (χ0) is 18.3. The highest BCUT2D eigenvalue weighted by molar-refractivity contribution is 7.99. The Bertz CT molecular complexity index is 1150. The number of benzene rings is 2. The molecule has 5 heteroatoms. The van der Waals surface area contributed by atoms with Gasteiger partial charge in [-0.25, -0.2) is 0 Å². The summed E-state index contributed by atoms with van der Waals surface area (Å²) in [7, 11) is 0. The van der Waals surface area contributed by atoms with Gasteiger partial charge in [0.15, 0.2) is 16.6 Å². The number of aryl methyl sites for hydroxylation is 3. The second-order valence-corrected chi connectivity index (χ2v) is 7.49. The van der Waals surface area contributed by atoms with Crippen LogP contribution >= 0.6 is 11.8 Å². The molecule has 0 bridgehead atoms. The smallest absolute Gasteiger partial charge is 0.196 e. The van der Waals surface area contributed by atoms with Crippen LogP contribution in [0.1, 0.15) is 27.0 Å². The molecule has 0 aliphatic carbocycles. The summed E-state index contributed by atoms with van der Waals surface area (Å²) in [5, 5.41) is 10.5. The van der Waals surface area contributed by atoms with Crippen LogP contribution in [0.5, 0.6) is 0 Å². The predicted octanol–water partition coefficient (Wildman–Crippen LogP) is 4.78. The quantitative estimate of drug-likeness (QED) is 0.387. The van der Waals surface area contributed by atoms with Gasteiger partial charge in [-0.2, -0.15) is 0 Å². The van der Waals surface area contributed by atoms with Crippen LogP contribution in [0.2, 0.25) is 0 Å². The minimum atomic E-state index is 0.112. The molecule has 4 aromatic rings. The molecule has 130 valence electrons. The molecule has 0 unspecified atom stereocenters. The molecule has 0 aliphatic heterocycles.